The Bertz CT molecular complexity index is 961. The summed E-state index contributed by atoms with van der Waals surface area (Å²) in [5.74, 6) is -2.95. The van der Waals surface area contributed by atoms with Crippen LogP contribution in [-0.2, 0) is 24.8 Å². The molecule has 1 fully saturated rings. The van der Waals surface area contributed by atoms with Crippen molar-refractivity contribution >= 4 is 26.0 Å². The minimum Gasteiger partial charge on any atom is -0.475 e. The van der Waals surface area contributed by atoms with Gasteiger partial charge in [-0.2, -0.15) is 21.8 Å². The Morgan fingerprint density at radius 3 is 2.06 bits per heavy atom. The first-order chi connectivity index (χ1) is 15.2. The molecule has 1 aromatic carbocycles. The summed E-state index contributed by atoms with van der Waals surface area (Å²) >= 11 is 0. The van der Waals surface area contributed by atoms with Crippen LogP contribution in [0.25, 0.3) is 0 Å². The fourth-order valence-electron chi connectivity index (χ4n) is 2.81. The van der Waals surface area contributed by atoms with E-state index in [-0.39, 0.29) is 17.2 Å². The van der Waals surface area contributed by atoms with Crippen molar-refractivity contribution in [3.8, 4) is 0 Å². The Kier molecular flexibility index (Phi) is 11.2. The number of aliphatic carboxylic acids is 1. The molecular formula is C19H30F3N3O6S2. The lowest BCUT2D eigenvalue weighted by molar-refractivity contribution is -0.192. The van der Waals surface area contributed by atoms with Gasteiger partial charge in [0.25, 0.3) is 0 Å². The first kappa shape index (κ1) is 29.3. The minimum absolute atomic E-state index is 0.0253. The molecule has 9 nitrogen and oxygen atoms in total. The van der Waals surface area contributed by atoms with Crippen molar-refractivity contribution in [2.24, 2.45) is 0 Å². The predicted molar refractivity (Wildman–Crippen MR) is 117 cm³/mol. The highest BCUT2D eigenvalue weighted by Crippen LogP contribution is 2.18. The van der Waals surface area contributed by atoms with E-state index in [4.69, 9.17) is 9.90 Å². The van der Waals surface area contributed by atoms with E-state index in [1.165, 1.54) is 8.61 Å². The lowest BCUT2D eigenvalue weighted by Gasteiger charge is -2.28. The van der Waals surface area contributed by atoms with Crippen LogP contribution in [0.1, 0.15) is 25.3 Å². The summed E-state index contributed by atoms with van der Waals surface area (Å²) in [6.07, 6.45) is -3.55. The molecule has 14 heteroatoms. The van der Waals surface area contributed by atoms with Crippen molar-refractivity contribution in [3.05, 3.63) is 29.8 Å². The molecule has 0 amide bonds. The topological polar surface area (TPSA) is 124 Å². The largest absolute Gasteiger partial charge is 0.490 e. The first-order valence-corrected chi connectivity index (χ1v) is 13.3. The highest BCUT2D eigenvalue weighted by atomic mass is 32.2. The highest BCUT2D eigenvalue weighted by molar-refractivity contribution is 7.90. The second-order valence-corrected chi connectivity index (χ2v) is 11.4. The van der Waals surface area contributed by atoms with Gasteiger partial charge in [0.1, 0.15) is 0 Å². The maximum atomic E-state index is 13.0. The van der Waals surface area contributed by atoms with Crippen molar-refractivity contribution in [2.75, 3.05) is 45.0 Å². The quantitative estimate of drug-likeness (QED) is 0.511. The predicted octanol–water partition coefficient (Wildman–Crippen LogP) is 1.65. The van der Waals surface area contributed by atoms with Crippen LogP contribution in [0, 0.1) is 6.92 Å². The SMILES string of the molecule is CCCCN(CCS(=O)(=O)N1CCNCC1)S(=O)(=O)c1ccc(C)cc1.O=C(O)C(F)(F)F. The number of nitrogens with zero attached hydrogens (tertiary/aromatic N) is 2. The lowest BCUT2D eigenvalue weighted by Crippen LogP contribution is -2.48. The molecule has 1 aliphatic rings. The Hall–Kier alpha value is -1.74. The highest BCUT2D eigenvalue weighted by Gasteiger charge is 2.38. The zero-order chi connectivity index (χ0) is 25.3. The summed E-state index contributed by atoms with van der Waals surface area (Å²) in [5, 5.41) is 10.2. The lowest BCUT2D eigenvalue weighted by atomic mass is 10.2. The van der Waals surface area contributed by atoms with E-state index < -0.39 is 32.2 Å². The number of rotatable bonds is 9. The first-order valence-electron chi connectivity index (χ1n) is 10.3. The van der Waals surface area contributed by atoms with E-state index in [0.717, 1.165) is 12.0 Å². The Balaban J connectivity index is 0.000000675. The molecule has 0 bridgehead atoms. The van der Waals surface area contributed by atoms with Crippen LogP contribution in [0.15, 0.2) is 29.2 Å². The van der Waals surface area contributed by atoms with E-state index in [2.05, 4.69) is 5.32 Å². The molecule has 1 heterocycles. The number of alkyl halides is 3. The van der Waals surface area contributed by atoms with Gasteiger partial charge >= 0.3 is 12.1 Å². The Morgan fingerprint density at radius 2 is 1.61 bits per heavy atom. The monoisotopic (exact) mass is 517 g/mol. The molecule has 0 aliphatic carbocycles. The number of nitrogens with one attached hydrogen (secondary N) is 1. The number of unbranched alkanes of at least 4 members (excludes halogenated alkanes) is 1. The van der Waals surface area contributed by atoms with Gasteiger partial charge in [0, 0.05) is 39.3 Å². The van der Waals surface area contributed by atoms with E-state index in [0.29, 0.717) is 39.1 Å². The van der Waals surface area contributed by atoms with Crippen LogP contribution < -0.4 is 5.32 Å². The molecule has 1 aliphatic heterocycles. The average molecular weight is 518 g/mol. The van der Waals surface area contributed by atoms with E-state index in [1.54, 1.807) is 24.3 Å². The summed E-state index contributed by atoms with van der Waals surface area (Å²) in [6, 6.07) is 6.66. The molecule has 33 heavy (non-hydrogen) atoms. The van der Waals surface area contributed by atoms with E-state index in [9.17, 15) is 30.0 Å². The van der Waals surface area contributed by atoms with Crippen molar-refractivity contribution < 1.29 is 39.9 Å². The number of aryl methyl sites for hydroxylation is 1. The molecule has 1 aromatic rings. The third-order valence-electron chi connectivity index (χ3n) is 4.73. The van der Waals surface area contributed by atoms with Crippen LogP contribution in [0.3, 0.4) is 0 Å². The summed E-state index contributed by atoms with van der Waals surface area (Å²) in [7, 11) is -7.17. The number of hydrogen-bond acceptors (Lipinski definition) is 6. The van der Waals surface area contributed by atoms with E-state index >= 15 is 0 Å². The molecule has 0 radical (unpaired) electrons. The number of carboxylic acid groups (broad SMARTS) is 1. The van der Waals surface area contributed by atoms with Gasteiger partial charge in [0.05, 0.1) is 10.6 Å². The normalized spacial score (nSPS) is 15.7. The van der Waals surface area contributed by atoms with E-state index in [1.807, 2.05) is 13.8 Å². The minimum atomic E-state index is -5.08. The van der Waals surface area contributed by atoms with Crippen molar-refractivity contribution in [1.82, 2.24) is 13.9 Å². The molecule has 0 aromatic heterocycles. The summed E-state index contributed by atoms with van der Waals surface area (Å²) in [4.78, 5) is 9.10. The van der Waals surface area contributed by atoms with Gasteiger partial charge in [-0.05, 0) is 25.5 Å². The number of carboxylic acids is 1. The second kappa shape index (κ2) is 12.6. The summed E-state index contributed by atoms with van der Waals surface area (Å²) < 4.78 is 85.5. The zero-order valence-electron chi connectivity index (χ0n) is 18.5. The van der Waals surface area contributed by atoms with Crippen LogP contribution in [-0.4, -0.2) is 87.7 Å². The molecule has 0 saturated carbocycles. The maximum absolute atomic E-state index is 13.0. The number of piperazine rings is 1. The zero-order valence-corrected chi connectivity index (χ0v) is 20.1. The fourth-order valence-corrected chi connectivity index (χ4v) is 5.86. The molecule has 0 spiro atoms. The van der Waals surface area contributed by atoms with Gasteiger partial charge in [0.2, 0.25) is 20.0 Å². The van der Waals surface area contributed by atoms with Gasteiger partial charge in [-0.3, -0.25) is 0 Å². The maximum Gasteiger partial charge on any atom is 0.490 e. The molecule has 190 valence electrons. The van der Waals surface area contributed by atoms with Gasteiger partial charge in [-0.25, -0.2) is 21.6 Å². The van der Waals surface area contributed by atoms with Crippen LogP contribution >= 0.6 is 0 Å². The molecule has 2 rings (SSSR count). The van der Waals surface area contributed by atoms with Crippen molar-refractivity contribution in [3.63, 3.8) is 0 Å². The van der Waals surface area contributed by atoms with Crippen molar-refractivity contribution in [2.45, 2.75) is 37.8 Å². The fraction of sp³-hybridized carbons (Fsp3) is 0.632. The van der Waals surface area contributed by atoms with Crippen LogP contribution in [0.4, 0.5) is 13.2 Å². The molecule has 1 saturated heterocycles. The van der Waals surface area contributed by atoms with Crippen molar-refractivity contribution in [1.29, 1.82) is 0 Å². The molecule has 2 N–H and O–H groups in total. The number of hydrogen-bond donors (Lipinski definition) is 2. The molecule has 0 unspecified atom stereocenters. The van der Waals surface area contributed by atoms with Gasteiger partial charge < -0.3 is 10.4 Å². The Morgan fingerprint density at radius 1 is 1.09 bits per heavy atom. The number of carbonyl (C=O) groups is 1. The number of benzene rings is 1. The molecular weight excluding hydrogens is 487 g/mol. The average Bonchev–Trinajstić information content (AvgIpc) is 2.74. The third-order valence-corrected chi connectivity index (χ3v) is 8.49. The Labute approximate surface area is 192 Å². The second-order valence-electron chi connectivity index (χ2n) is 7.34. The molecule has 0 atom stereocenters. The summed E-state index contributed by atoms with van der Waals surface area (Å²) in [6.45, 7) is 6.29. The summed E-state index contributed by atoms with van der Waals surface area (Å²) in [5.41, 5.74) is 0.977. The van der Waals surface area contributed by atoms with Crippen LogP contribution in [0.2, 0.25) is 0 Å². The van der Waals surface area contributed by atoms with Gasteiger partial charge in [-0.15, -0.1) is 0 Å². The standard InChI is InChI=1S/C17H29N3O4S2.C2HF3O2/c1-3-4-11-20(26(23,24)17-7-5-16(2)6-8-17)14-15-25(21,22)19-12-9-18-10-13-19;3-2(4,5)1(6)7/h5-8,18H,3-4,9-15H2,1-2H3;(H,6,7). The number of sulfonamides is 2. The van der Waals surface area contributed by atoms with Crippen LogP contribution in [0.5, 0.6) is 0 Å². The van der Waals surface area contributed by atoms with Gasteiger partial charge in [-0.1, -0.05) is 31.0 Å². The number of halogens is 3. The van der Waals surface area contributed by atoms with Gasteiger partial charge in [0.15, 0.2) is 0 Å². The smallest absolute Gasteiger partial charge is 0.475 e. The third kappa shape index (κ3) is 9.57.